The van der Waals surface area contributed by atoms with Crippen molar-refractivity contribution in [3.63, 3.8) is 0 Å². The maximum Gasteiger partial charge on any atom is 0.234 e. The van der Waals surface area contributed by atoms with Crippen LogP contribution in [-0.2, 0) is 11.2 Å². The maximum absolute atomic E-state index is 11.7. The van der Waals surface area contributed by atoms with E-state index in [0.29, 0.717) is 24.7 Å². The predicted octanol–water partition coefficient (Wildman–Crippen LogP) is 1.31. The second-order valence-electron chi connectivity index (χ2n) is 4.32. The summed E-state index contributed by atoms with van der Waals surface area (Å²) in [4.78, 5) is 13.6. The van der Waals surface area contributed by atoms with Gasteiger partial charge in [-0.05, 0) is 30.7 Å². The first-order valence-corrected chi connectivity index (χ1v) is 6.88. The number of halogens is 1. The first-order chi connectivity index (χ1) is 9.15. The number of likely N-dealkylation sites (N-methyl/N-ethyl adjacent to an activating group) is 1. The summed E-state index contributed by atoms with van der Waals surface area (Å²) in [6.45, 7) is 4.24. The monoisotopic (exact) mass is 284 g/mol. The van der Waals surface area contributed by atoms with Crippen LogP contribution in [0.15, 0.2) is 24.3 Å². The fraction of sp³-hybridized carbons (Fsp3) is 0.500. The van der Waals surface area contributed by atoms with E-state index in [4.69, 9.17) is 16.7 Å². The molecule has 1 amide bonds. The Hall–Kier alpha value is -1.10. The van der Waals surface area contributed by atoms with E-state index in [1.165, 1.54) is 0 Å². The van der Waals surface area contributed by atoms with Crippen LogP contribution in [0.5, 0.6) is 0 Å². The summed E-state index contributed by atoms with van der Waals surface area (Å²) < 4.78 is 0. The summed E-state index contributed by atoms with van der Waals surface area (Å²) in [6, 6.07) is 7.62. The standard InChI is InChI=1S/C14H21ClN2O2/c1-2-17(8-9-18)11-14(19)16-7-6-12-4-3-5-13(15)10-12/h3-5,10,18H,2,6-9,11H2,1H3,(H,16,19). The molecule has 5 heteroatoms. The first kappa shape index (κ1) is 16.0. The molecule has 106 valence electrons. The van der Waals surface area contributed by atoms with E-state index >= 15 is 0 Å². The van der Waals surface area contributed by atoms with Crippen molar-refractivity contribution in [3.8, 4) is 0 Å². The summed E-state index contributed by atoms with van der Waals surface area (Å²) in [5, 5.41) is 12.4. The van der Waals surface area contributed by atoms with Crippen molar-refractivity contribution >= 4 is 17.5 Å². The van der Waals surface area contributed by atoms with E-state index in [2.05, 4.69) is 5.32 Å². The molecule has 1 aromatic carbocycles. The molecule has 0 aromatic heterocycles. The molecule has 0 aliphatic rings. The molecule has 19 heavy (non-hydrogen) atoms. The zero-order valence-electron chi connectivity index (χ0n) is 11.2. The first-order valence-electron chi connectivity index (χ1n) is 6.50. The van der Waals surface area contributed by atoms with Crippen molar-refractivity contribution in [2.24, 2.45) is 0 Å². The average molecular weight is 285 g/mol. The number of benzene rings is 1. The van der Waals surface area contributed by atoms with E-state index in [-0.39, 0.29) is 12.5 Å². The molecule has 2 N–H and O–H groups in total. The van der Waals surface area contributed by atoms with E-state index < -0.39 is 0 Å². The van der Waals surface area contributed by atoms with Gasteiger partial charge < -0.3 is 10.4 Å². The van der Waals surface area contributed by atoms with Gasteiger partial charge >= 0.3 is 0 Å². The Labute approximate surface area is 119 Å². The van der Waals surface area contributed by atoms with Crippen molar-refractivity contribution in [1.82, 2.24) is 10.2 Å². The van der Waals surface area contributed by atoms with Crippen LogP contribution in [0.2, 0.25) is 5.02 Å². The fourth-order valence-electron chi connectivity index (χ4n) is 1.79. The van der Waals surface area contributed by atoms with Crippen molar-refractivity contribution in [1.29, 1.82) is 0 Å². The lowest BCUT2D eigenvalue weighted by atomic mass is 10.1. The lowest BCUT2D eigenvalue weighted by Crippen LogP contribution is -2.39. The van der Waals surface area contributed by atoms with Gasteiger partial charge in [-0.25, -0.2) is 0 Å². The van der Waals surface area contributed by atoms with Crippen molar-refractivity contribution < 1.29 is 9.90 Å². The Kier molecular flexibility index (Phi) is 7.48. The Morgan fingerprint density at radius 2 is 2.26 bits per heavy atom. The molecule has 0 aliphatic heterocycles. The number of rotatable bonds is 8. The summed E-state index contributed by atoms with van der Waals surface area (Å²) >= 11 is 5.89. The van der Waals surface area contributed by atoms with Crippen LogP contribution in [0, 0.1) is 0 Å². The molecule has 0 atom stereocenters. The van der Waals surface area contributed by atoms with Gasteiger partial charge in [-0.3, -0.25) is 9.69 Å². The van der Waals surface area contributed by atoms with E-state index in [1.807, 2.05) is 36.1 Å². The van der Waals surface area contributed by atoms with Gasteiger partial charge in [0.2, 0.25) is 5.91 Å². The minimum absolute atomic E-state index is 0.0164. The van der Waals surface area contributed by atoms with Crippen LogP contribution in [-0.4, -0.2) is 48.7 Å². The molecule has 0 fully saturated rings. The highest BCUT2D eigenvalue weighted by Crippen LogP contribution is 2.10. The number of nitrogens with zero attached hydrogens (tertiary/aromatic N) is 1. The minimum atomic E-state index is -0.0164. The lowest BCUT2D eigenvalue weighted by molar-refractivity contribution is -0.122. The third-order valence-corrected chi connectivity index (χ3v) is 3.09. The smallest absolute Gasteiger partial charge is 0.234 e. The molecule has 0 spiro atoms. The molecular formula is C14H21ClN2O2. The van der Waals surface area contributed by atoms with Crippen molar-refractivity contribution in [3.05, 3.63) is 34.9 Å². The van der Waals surface area contributed by atoms with Crippen LogP contribution in [0.3, 0.4) is 0 Å². The predicted molar refractivity (Wildman–Crippen MR) is 77.4 cm³/mol. The van der Waals surface area contributed by atoms with Gasteiger partial charge in [0.1, 0.15) is 0 Å². The fourth-order valence-corrected chi connectivity index (χ4v) is 2.00. The maximum atomic E-state index is 11.7. The number of hydrogen-bond donors (Lipinski definition) is 2. The van der Waals surface area contributed by atoms with Gasteiger partial charge in [0, 0.05) is 18.1 Å². The Morgan fingerprint density at radius 1 is 1.47 bits per heavy atom. The number of amides is 1. The summed E-state index contributed by atoms with van der Waals surface area (Å²) in [6.07, 6.45) is 0.762. The van der Waals surface area contributed by atoms with Crippen molar-refractivity contribution in [2.75, 3.05) is 32.8 Å². The third-order valence-electron chi connectivity index (χ3n) is 2.86. The van der Waals surface area contributed by atoms with Gasteiger partial charge in [-0.15, -0.1) is 0 Å². The molecule has 0 bridgehead atoms. The highest BCUT2D eigenvalue weighted by atomic mass is 35.5. The second-order valence-corrected chi connectivity index (χ2v) is 4.76. The molecular weight excluding hydrogens is 264 g/mol. The molecule has 0 heterocycles. The largest absolute Gasteiger partial charge is 0.395 e. The highest BCUT2D eigenvalue weighted by molar-refractivity contribution is 6.30. The molecule has 0 saturated carbocycles. The number of nitrogens with one attached hydrogen (secondary N) is 1. The van der Waals surface area contributed by atoms with Crippen LogP contribution >= 0.6 is 11.6 Å². The number of aliphatic hydroxyl groups is 1. The Bertz CT molecular complexity index is 399. The second kappa shape index (κ2) is 8.91. The molecule has 1 aromatic rings. The van der Waals surface area contributed by atoms with Crippen LogP contribution in [0.25, 0.3) is 0 Å². The zero-order valence-corrected chi connectivity index (χ0v) is 12.0. The quantitative estimate of drug-likeness (QED) is 0.757. The van der Waals surface area contributed by atoms with Crippen LogP contribution in [0.1, 0.15) is 12.5 Å². The molecule has 4 nitrogen and oxygen atoms in total. The van der Waals surface area contributed by atoms with Crippen LogP contribution < -0.4 is 5.32 Å². The summed E-state index contributed by atoms with van der Waals surface area (Å²) in [7, 11) is 0. The zero-order chi connectivity index (χ0) is 14.1. The number of carbonyl (C=O) groups is 1. The van der Waals surface area contributed by atoms with Crippen molar-refractivity contribution in [2.45, 2.75) is 13.3 Å². The molecule has 0 unspecified atom stereocenters. The third kappa shape index (κ3) is 6.57. The van der Waals surface area contributed by atoms with Gasteiger partial charge in [0.15, 0.2) is 0 Å². The SMILES string of the molecule is CCN(CCO)CC(=O)NCCc1cccc(Cl)c1. The van der Waals surface area contributed by atoms with Crippen LogP contribution in [0.4, 0.5) is 0 Å². The summed E-state index contributed by atoms with van der Waals surface area (Å²) in [5.41, 5.74) is 1.11. The Morgan fingerprint density at radius 3 is 2.89 bits per heavy atom. The molecule has 0 radical (unpaired) electrons. The number of aliphatic hydroxyl groups excluding tert-OH is 1. The molecule has 0 aliphatic carbocycles. The van der Waals surface area contributed by atoms with E-state index in [0.717, 1.165) is 18.5 Å². The Balaban J connectivity index is 2.27. The molecule has 1 rings (SSSR count). The van der Waals surface area contributed by atoms with Gasteiger partial charge in [0.25, 0.3) is 0 Å². The van der Waals surface area contributed by atoms with E-state index in [9.17, 15) is 4.79 Å². The normalized spacial score (nSPS) is 10.7. The summed E-state index contributed by atoms with van der Waals surface area (Å²) in [5.74, 6) is -0.0164. The minimum Gasteiger partial charge on any atom is -0.395 e. The topological polar surface area (TPSA) is 52.6 Å². The average Bonchev–Trinajstić information content (AvgIpc) is 2.38. The van der Waals surface area contributed by atoms with Gasteiger partial charge in [-0.2, -0.15) is 0 Å². The highest BCUT2D eigenvalue weighted by Gasteiger charge is 2.07. The van der Waals surface area contributed by atoms with Gasteiger partial charge in [0.05, 0.1) is 13.2 Å². The van der Waals surface area contributed by atoms with E-state index in [1.54, 1.807) is 0 Å². The lowest BCUT2D eigenvalue weighted by Gasteiger charge is -2.18. The number of carbonyl (C=O) groups excluding carboxylic acids is 1. The van der Waals surface area contributed by atoms with Gasteiger partial charge in [-0.1, -0.05) is 30.7 Å². The number of hydrogen-bond acceptors (Lipinski definition) is 3. The molecule has 0 saturated heterocycles.